The van der Waals surface area contributed by atoms with Crippen molar-refractivity contribution in [1.82, 2.24) is 4.90 Å². The number of carboxylic acids is 1. The Morgan fingerprint density at radius 1 is 1.30 bits per heavy atom. The highest BCUT2D eigenvalue weighted by Crippen LogP contribution is 2.27. The molecule has 0 heterocycles. The van der Waals surface area contributed by atoms with E-state index in [9.17, 15) is 9.59 Å². The Kier molecular flexibility index (Phi) is 4.56. The second-order valence-corrected chi connectivity index (χ2v) is 5.28. The van der Waals surface area contributed by atoms with Crippen molar-refractivity contribution in [1.29, 1.82) is 0 Å². The number of amides is 1. The summed E-state index contributed by atoms with van der Waals surface area (Å²) in [6, 6.07) is 6.98. The van der Waals surface area contributed by atoms with Crippen LogP contribution in [-0.4, -0.2) is 35.5 Å². The first kappa shape index (κ1) is 14.3. The molecule has 1 aromatic carbocycles. The summed E-state index contributed by atoms with van der Waals surface area (Å²) in [7, 11) is 1.83. The highest BCUT2D eigenvalue weighted by atomic mass is 16.4. The minimum absolute atomic E-state index is 0.0191. The maximum absolute atomic E-state index is 12.2. The third-order valence-corrected chi connectivity index (χ3v) is 3.68. The van der Waals surface area contributed by atoms with Crippen LogP contribution in [0.25, 0.3) is 6.08 Å². The lowest BCUT2D eigenvalue weighted by molar-refractivity contribution is -0.131. The average Bonchev–Trinajstić information content (AvgIpc) is 2.40. The topological polar surface area (TPSA) is 57.6 Å². The van der Waals surface area contributed by atoms with E-state index in [1.54, 1.807) is 29.2 Å². The lowest BCUT2D eigenvalue weighted by Crippen LogP contribution is -2.34. The Morgan fingerprint density at radius 3 is 2.45 bits per heavy atom. The van der Waals surface area contributed by atoms with Gasteiger partial charge in [-0.05, 0) is 42.5 Å². The first-order valence-corrected chi connectivity index (χ1v) is 6.83. The maximum atomic E-state index is 12.2. The number of carbonyl (C=O) groups excluding carboxylic acids is 1. The minimum atomic E-state index is -0.981. The smallest absolute Gasteiger partial charge is 0.328 e. The van der Waals surface area contributed by atoms with E-state index in [0.717, 1.165) is 18.2 Å². The molecule has 1 aliphatic carbocycles. The molecule has 0 unspecified atom stereocenters. The number of carbonyl (C=O) groups is 2. The van der Waals surface area contributed by atoms with Crippen molar-refractivity contribution in [3.05, 3.63) is 41.5 Å². The summed E-state index contributed by atoms with van der Waals surface area (Å²) < 4.78 is 0. The Labute approximate surface area is 118 Å². The van der Waals surface area contributed by atoms with Gasteiger partial charge in [0.25, 0.3) is 5.91 Å². The van der Waals surface area contributed by atoms with Crippen LogP contribution in [0.2, 0.25) is 0 Å². The number of hydrogen-bond donors (Lipinski definition) is 1. The van der Waals surface area contributed by atoms with Crippen LogP contribution in [0.5, 0.6) is 0 Å². The van der Waals surface area contributed by atoms with Gasteiger partial charge in [0.05, 0.1) is 0 Å². The van der Waals surface area contributed by atoms with Crippen molar-refractivity contribution in [3.8, 4) is 0 Å². The van der Waals surface area contributed by atoms with E-state index >= 15 is 0 Å². The monoisotopic (exact) mass is 273 g/mol. The SMILES string of the molecule is CN(CC1CCC1)C(=O)c1ccc(C=CC(=O)O)cc1. The molecule has 1 saturated carbocycles. The van der Waals surface area contributed by atoms with Gasteiger partial charge in [-0.1, -0.05) is 18.6 Å². The lowest BCUT2D eigenvalue weighted by Gasteiger charge is -2.30. The molecule has 1 amide bonds. The van der Waals surface area contributed by atoms with Gasteiger partial charge >= 0.3 is 5.97 Å². The fourth-order valence-electron chi connectivity index (χ4n) is 2.27. The molecule has 4 heteroatoms. The predicted molar refractivity (Wildman–Crippen MR) is 77.4 cm³/mol. The van der Waals surface area contributed by atoms with Gasteiger partial charge in [0.1, 0.15) is 0 Å². The highest BCUT2D eigenvalue weighted by molar-refractivity contribution is 5.94. The zero-order valence-electron chi connectivity index (χ0n) is 11.6. The molecule has 4 nitrogen and oxygen atoms in total. The van der Waals surface area contributed by atoms with Crippen molar-refractivity contribution in [2.45, 2.75) is 19.3 Å². The van der Waals surface area contributed by atoms with Gasteiger partial charge in [-0.15, -0.1) is 0 Å². The van der Waals surface area contributed by atoms with Gasteiger partial charge in [-0.3, -0.25) is 4.79 Å². The molecular formula is C16H19NO3. The average molecular weight is 273 g/mol. The van der Waals surface area contributed by atoms with Crippen molar-refractivity contribution >= 4 is 18.0 Å². The van der Waals surface area contributed by atoms with Crippen LogP contribution in [-0.2, 0) is 4.79 Å². The van der Waals surface area contributed by atoms with Crippen LogP contribution < -0.4 is 0 Å². The fourth-order valence-corrected chi connectivity index (χ4v) is 2.27. The zero-order valence-corrected chi connectivity index (χ0v) is 11.6. The molecule has 1 N–H and O–H groups in total. The van der Waals surface area contributed by atoms with Crippen molar-refractivity contribution < 1.29 is 14.7 Å². The van der Waals surface area contributed by atoms with Gasteiger partial charge in [-0.25, -0.2) is 4.79 Å². The number of rotatable bonds is 5. The summed E-state index contributed by atoms with van der Waals surface area (Å²) in [5.74, 6) is -0.308. The molecule has 1 fully saturated rings. The van der Waals surface area contributed by atoms with Crippen LogP contribution >= 0.6 is 0 Å². The van der Waals surface area contributed by atoms with Gasteiger partial charge in [0.2, 0.25) is 0 Å². The summed E-state index contributed by atoms with van der Waals surface area (Å²) in [5.41, 5.74) is 1.41. The van der Waals surface area contributed by atoms with Crippen molar-refractivity contribution in [2.24, 2.45) is 5.92 Å². The molecule has 0 spiro atoms. The van der Waals surface area contributed by atoms with E-state index in [0.29, 0.717) is 11.5 Å². The summed E-state index contributed by atoms with van der Waals surface area (Å²) in [6.07, 6.45) is 6.30. The molecule has 0 radical (unpaired) electrons. The molecule has 0 bridgehead atoms. The quantitative estimate of drug-likeness (QED) is 0.839. The van der Waals surface area contributed by atoms with Crippen LogP contribution in [0.1, 0.15) is 35.2 Å². The standard InChI is InChI=1S/C16H19NO3/c1-17(11-13-3-2-4-13)16(20)14-8-5-12(6-9-14)7-10-15(18)19/h5-10,13H,2-4,11H2,1H3,(H,18,19). The molecule has 2 rings (SSSR count). The first-order chi connectivity index (χ1) is 9.56. The number of aliphatic carboxylic acids is 1. The van der Waals surface area contributed by atoms with E-state index in [-0.39, 0.29) is 5.91 Å². The lowest BCUT2D eigenvalue weighted by atomic mass is 9.85. The fraction of sp³-hybridized carbons (Fsp3) is 0.375. The maximum Gasteiger partial charge on any atom is 0.328 e. The van der Waals surface area contributed by atoms with Crippen LogP contribution in [0.4, 0.5) is 0 Å². The molecular weight excluding hydrogens is 254 g/mol. The van der Waals surface area contributed by atoms with E-state index in [1.807, 2.05) is 7.05 Å². The van der Waals surface area contributed by atoms with E-state index in [4.69, 9.17) is 5.11 Å². The second kappa shape index (κ2) is 6.37. The number of hydrogen-bond acceptors (Lipinski definition) is 2. The summed E-state index contributed by atoms with van der Waals surface area (Å²) in [4.78, 5) is 24.4. The Bertz CT molecular complexity index is 515. The van der Waals surface area contributed by atoms with Crippen molar-refractivity contribution in [3.63, 3.8) is 0 Å². The van der Waals surface area contributed by atoms with Gasteiger partial charge < -0.3 is 10.0 Å². The number of carboxylic acid groups (broad SMARTS) is 1. The van der Waals surface area contributed by atoms with Crippen LogP contribution in [0.15, 0.2) is 30.3 Å². The Morgan fingerprint density at radius 2 is 1.95 bits per heavy atom. The molecule has 20 heavy (non-hydrogen) atoms. The molecule has 0 aliphatic heterocycles. The second-order valence-electron chi connectivity index (χ2n) is 5.28. The number of benzene rings is 1. The van der Waals surface area contributed by atoms with Crippen molar-refractivity contribution in [2.75, 3.05) is 13.6 Å². The first-order valence-electron chi connectivity index (χ1n) is 6.83. The van der Waals surface area contributed by atoms with Crippen LogP contribution in [0.3, 0.4) is 0 Å². The molecule has 1 aliphatic rings. The summed E-state index contributed by atoms with van der Waals surface area (Å²) >= 11 is 0. The summed E-state index contributed by atoms with van der Waals surface area (Å²) in [6.45, 7) is 0.819. The van der Waals surface area contributed by atoms with Gasteiger partial charge in [0.15, 0.2) is 0 Å². The largest absolute Gasteiger partial charge is 0.478 e. The highest BCUT2D eigenvalue weighted by Gasteiger charge is 2.21. The Hall–Kier alpha value is -2.10. The molecule has 106 valence electrons. The third-order valence-electron chi connectivity index (χ3n) is 3.68. The van der Waals surface area contributed by atoms with Gasteiger partial charge in [-0.2, -0.15) is 0 Å². The third kappa shape index (κ3) is 3.70. The molecule has 0 saturated heterocycles. The Balaban J connectivity index is 1.97. The molecule has 0 atom stereocenters. The zero-order chi connectivity index (χ0) is 14.5. The van der Waals surface area contributed by atoms with E-state index < -0.39 is 5.97 Å². The van der Waals surface area contributed by atoms with Gasteiger partial charge in [0, 0.05) is 25.2 Å². The summed E-state index contributed by atoms with van der Waals surface area (Å²) in [5, 5.41) is 8.56. The normalized spacial score (nSPS) is 15.1. The number of nitrogens with zero attached hydrogens (tertiary/aromatic N) is 1. The molecule has 1 aromatic rings. The van der Waals surface area contributed by atoms with Crippen LogP contribution in [0, 0.1) is 5.92 Å². The minimum Gasteiger partial charge on any atom is -0.478 e. The molecule has 0 aromatic heterocycles. The van der Waals surface area contributed by atoms with E-state index in [1.165, 1.54) is 25.3 Å². The van der Waals surface area contributed by atoms with E-state index in [2.05, 4.69) is 0 Å². The predicted octanol–water partition coefficient (Wildman–Crippen LogP) is 2.66.